The van der Waals surface area contributed by atoms with Gasteiger partial charge in [0.25, 0.3) is 0 Å². The second-order valence-corrected chi connectivity index (χ2v) is 24.7. The summed E-state index contributed by atoms with van der Waals surface area (Å²) in [5.41, 5.74) is -1.82. The Morgan fingerprint density at radius 2 is 1.63 bits per heavy atom. The fraction of sp³-hybridized carbons (Fsp3) is 0.706. The molecular weight excluding hydrogens is 545 g/mol. The van der Waals surface area contributed by atoms with E-state index in [9.17, 15) is 5.11 Å². The van der Waals surface area contributed by atoms with Crippen LogP contribution in [0.1, 0.15) is 61.3 Å². The zero-order valence-electron chi connectivity index (χ0n) is 27.8. The van der Waals surface area contributed by atoms with Gasteiger partial charge in [-0.15, -0.1) is 6.58 Å². The van der Waals surface area contributed by atoms with Gasteiger partial charge in [0, 0.05) is 13.0 Å². The molecule has 7 atom stereocenters. The molecule has 2 unspecified atom stereocenters. The molecule has 1 aromatic carbocycles. The predicted molar refractivity (Wildman–Crippen MR) is 174 cm³/mol. The maximum absolute atomic E-state index is 11.7. The number of fused-ring (bicyclic) bond motifs is 1. The Balaban J connectivity index is 2.03. The molecule has 0 spiro atoms. The Hall–Kier alpha value is -1.41. The summed E-state index contributed by atoms with van der Waals surface area (Å²) in [6, 6.07) is 9.84. The number of methoxy groups -OCH3 is 1. The molecule has 41 heavy (non-hydrogen) atoms. The van der Waals surface area contributed by atoms with E-state index in [2.05, 4.69) is 93.1 Å². The van der Waals surface area contributed by atoms with Crippen molar-refractivity contribution in [2.75, 3.05) is 13.7 Å². The van der Waals surface area contributed by atoms with Crippen molar-refractivity contribution in [3.63, 3.8) is 0 Å². The van der Waals surface area contributed by atoms with Crippen LogP contribution in [0.15, 0.2) is 43.0 Å². The molecule has 2 fully saturated rings. The van der Waals surface area contributed by atoms with E-state index < -0.39 is 33.9 Å². The summed E-state index contributed by atoms with van der Waals surface area (Å²) in [6.45, 7) is 29.1. The van der Waals surface area contributed by atoms with Crippen LogP contribution in [-0.2, 0) is 13.6 Å². The second kappa shape index (κ2) is 11.9. The van der Waals surface area contributed by atoms with Crippen LogP contribution in [0.5, 0.6) is 5.75 Å². The molecule has 0 heterocycles. The Morgan fingerprint density at radius 1 is 1.05 bits per heavy atom. The first-order valence-electron chi connectivity index (χ1n) is 15.2. The van der Waals surface area contributed by atoms with Crippen LogP contribution in [0.25, 0.3) is 0 Å². The maximum atomic E-state index is 11.7. The molecule has 1 N–H and O–H groups in total. The molecule has 0 aliphatic heterocycles. The molecule has 0 amide bonds. The van der Waals surface area contributed by atoms with E-state index >= 15 is 0 Å². The van der Waals surface area contributed by atoms with Crippen LogP contribution in [0, 0.1) is 29.6 Å². The lowest BCUT2D eigenvalue weighted by Gasteiger charge is -2.68. The first-order valence-corrected chi connectivity index (χ1v) is 21.0. The van der Waals surface area contributed by atoms with Crippen molar-refractivity contribution in [2.24, 2.45) is 17.8 Å². The maximum Gasteiger partial charge on any atom is 0.193 e. The summed E-state index contributed by atoms with van der Waals surface area (Å²) >= 11 is 0. The van der Waals surface area contributed by atoms with Crippen molar-refractivity contribution in [3.05, 3.63) is 43.0 Å². The minimum Gasteiger partial charge on any atom is -0.490 e. The molecule has 2 aliphatic carbocycles. The Kier molecular flexibility index (Phi) is 9.93. The minimum atomic E-state index is -2.14. The van der Waals surface area contributed by atoms with Crippen LogP contribution < -0.4 is 4.74 Å². The third-order valence-corrected chi connectivity index (χ3v) is 19.8. The molecule has 230 valence electrons. The molecule has 7 heteroatoms. The molecule has 3 rings (SSSR count). The van der Waals surface area contributed by atoms with Crippen molar-refractivity contribution >= 4 is 16.6 Å². The zero-order chi connectivity index (χ0) is 31.1. The molecule has 1 aromatic rings. The van der Waals surface area contributed by atoms with Gasteiger partial charge in [-0.1, -0.05) is 84.6 Å². The van der Waals surface area contributed by atoms with Gasteiger partial charge in [0.15, 0.2) is 16.6 Å². The van der Waals surface area contributed by atoms with Gasteiger partial charge in [-0.25, -0.2) is 0 Å². The summed E-state index contributed by atoms with van der Waals surface area (Å²) < 4.78 is 26.3. The van der Waals surface area contributed by atoms with Crippen LogP contribution in [0.4, 0.5) is 0 Å². The standard InChI is InChI=1S/C34H56O5Si2/c1-14-33(35)25(2)30-28(29(22-23-34(30,33)36-9)39-41(12,13)32(6,7)8)21-20-27(38-40(10,11)31(3,4)5)24-37-26-18-16-15-17-19-26/h14-19,25,27-30,35H,1,22-24H2,2-13H3/t25?,27-,28-,29+,30+,33?,34+/m1/s1. The summed E-state index contributed by atoms with van der Waals surface area (Å²) in [5.74, 6) is 7.85. The molecule has 0 aromatic heterocycles. The Labute approximate surface area is 252 Å². The average molecular weight is 601 g/mol. The molecule has 5 nitrogen and oxygen atoms in total. The average Bonchev–Trinajstić information content (AvgIpc) is 2.88. The van der Waals surface area contributed by atoms with Gasteiger partial charge in [-0.3, -0.25) is 0 Å². The van der Waals surface area contributed by atoms with E-state index in [-0.39, 0.29) is 33.9 Å². The largest absolute Gasteiger partial charge is 0.490 e. The van der Waals surface area contributed by atoms with Crippen LogP contribution in [-0.4, -0.2) is 58.9 Å². The van der Waals surface area contributed by atoms with E-state index in [0.717, 1.165) is 12.2 Å². The first-order chi connectivity index (χ1) is 18.8. The van der Waals surface area contributed by atoms with E-state index in [0.29, 0.717) is 13.0 Å². The van der Waals surface area contributed by atoms with Crippen molar-refractivity contribution in [3.8, 4) is 17.6 Å². The molecule has 2 aliphatic rings. The lowest BCUT2D eigenvalue weighted by Crippen LogP contribution is -2.78. The van der Waals surface area contributed by atoms with Gasteiger partial charge >= 0.3 is 0 Å². The number of para-hydroxylation sites is 1. The second-order valence-electron chi connectivity index (χ2n) is 15.2. The Bertz CT molecular complexity index is 1110. The number of aliphatic hydroxyl groups is 1. The van der Waals surface area contributed by atoms with E-state index in [1.54, 1.807) is 13.2 Å². The molecular formula is C34H56O5Si2. The molecule has 2 saturated carbocycles. The highest BCUT2D eigenvalue weighted by atomic mass is 28.4. The van der Waals surface area contributed by atoms with E-state index in [4.69, 9.17) is 18.3 Å². The van der Waals surface area contributed by atoms with Gasteiger partial charge in [0.1, 0.15) is 29.7 Å². The first kappa shape index (κ1) is 34.1. The Morgan fingerprint density at radius 3 is 2.15 bits per heavy atom. The van der Waals surface area contributed by atoms with Crippen molar-refractivity contribution in [1.29, 1.82) is 0 Å². The van der Waals surface area contributed by atoms with Gasteiger partial charge in [0.2, 0.25) is 0 Å². The highest BCUT2D eigenvalue weighted by Crippen LogP contribution is 2.63. The smallest absolute Gasteiger partial charge is 0.193 e. The van der Waals surface area contributed by atoms with Gasteiger partial charge in [-0.05, 0) is 67.2 Å². The normalized spacial score (nSPS) is 31.2. The fourth-order valence-electron chi connectivity index (χ4n) is 6.12. The number of ether oxygens (including phenoxy) is 2. The highest BCUT2D eigenvalue weighted by molar-refractivity contribution is 6.74. The molecule has 0 radical (unpaired) electrons. The number of benzene rings is 1. The number of hydrogen-bond donors (Lipinski definition) is 1. The number of hydrogen-bond acceptors (Lipinski definition) is 5. The van der Waals surface area contributed by atoms with Crippen LogP contribution in [0.3, 0.4) is 0 Å². The van der Waals surface area contributed by atoms with Crippen LogP contribution in [0.2, 0.25) is 36.3 Å². The summed E-state index contributed by atoms with van der Waals surface area (Å²) in [4.78, 5) is 0. The summed E-state index contributed by atoms with van der Waals surface area (Å²) in [6.07, 6.45) is 2.72. The summed E-state index contributed by atoms with van der Waals surface area (Å²) in [7, 11) is -2.51. The number of rotatable bonds is 9. The van der Waals surface area contributed by atoms with Crippen molar-refractivity contribution in [2.45, 2.75) is 121 Å². The monoisotopic (exact) mass is 600 g/mol. The van der Waals surface area contributed by atoms with Crippen molar-refractivity contribution in [1.82, 2.24) is 0 Å². The molecule has 0 bridgehead atoms. The SMILES string of the molecule is C=CC1(O)C(C)[C@H]2[C@H](C#C[C@H](COc3ccccc3)O[Si](C)(C)C(C)(C)C)[C@@H](O[Si](C)(C)C(C)(C)C)CC[C@]21OC. The van der Waals surface area contributed by atoms with E-state index in [1.165, 1.54) is 0 Å². The predicted octanol–water partition coefficient (Wildman–Crippen LogP) is 7.83. The van der Waals surface area contributed by atoms with Gasteiger partial charge in [0.05, 0.1) is 12.0 Å². The topological polar surface area (TPSA) is 57.2 Å². The van der Waals surface area contributed by atoms with Gasteiger partial charge in [-0.2, -0.15) is 0 Å². The summed E-state index contributed by atoms with van der Waals surface area (Å²) in [5, 5.41) is 11.8. The third kappa shape index (κ3) is 6.44. The fourth-order valence-corrected chi connectivity index (χ4v) is 8.68. The third-order valence-electron chi connectivity index (χ3n) is 10.8. The highest BCUT2D eigenvalue weighted by Gasteiger charge is 2.73. The van der Waals surface area contributed by atoms with E-state index in [1.807, 2.05) is 30.3 Å². The van der Waals surface area contributed by atoms with Crippen LogP contribution >= 0.6 is 0 Å². The zero-order valence-corrected chi connectivity index (χ0v) is 29.8. The van der Waals surface area contributed by atoms with Crippen molar-refractivity contribution < 1.29 is 23.4 Å². The lowest BCUT2D eigenvalue weighted by molar-refractivity contribution is -0.316. The quantitative estimate of drug-likeness (QED) is 0.178. The van der Waals surface area contributed by atoms with Gasteiger partial charge < -0.3 is 23.4 Å². The lowest BCUT2D eigenvalue weighted by atomic mass is 9.43. The molecule has 0 saturated heterocycles. The minimum absolute atomic E-state index is 0.00933.